The summed E-state index contributed by atoms with van der Waals surface area (Å²) in [6.45, 7) is 0. The van der Waals surface area contributed by atoms with Crippen molar-refractivity contribution < 1.29 is 14.3 Å². The van der Waals surface area contributed by atoms with Crippen LogP contribution in [-0.2, 0) is 20.7 Å². The van der Waals surface area contributed by atoms with Crippen LogP contribution in [0.15, 0.2) is 83.2 Å². The van der Waals surface area contributed by atoms with E-state index >= 15 is 0 Å². The summed E-state index contributed by atoms with van der Waals surface area (Å²) in [7, 11) is 1.78. The Morgan fingerprint density at radius 3 is 2.41 bits per heavy atom. The molecule has 4 heterocycles. The van der Waals surface area contributed by atoms with E-state index in [0.29, 0.717) is 21.6 Å². The van der Waals surface area contributed by atoms with Gasteiger partial charge >= 0.3 is 0 Å². The SMILES string of the molecule is CNc1nnc(C2=C(C(=S)OC(c3ccccc3)c3ccccc3)N3C(=O)[C@@H](NC(=O)Cc4ccsc4)[C@H]3SC2)s1. The van der Waals surface area contributed by atoms with E-state index in [9.17, 15) is 9.59 Å². The van der Waals surface area contributed by atoms with Crippen molar-refractivity contribution in [3.8, 4) is 0 Å². The Hall–Kier alpha value is -3.58. The minimum atomic E-state index is -0.646. The fraction of sp³-hybridized carbons (Fsp3) is 0.207. The molecular weight excluding hydrogens is 595 g/mol. The average Bonchev–Trinajstić information content (AvgIpc) is 3.71. The molecule has 2 aliphatic heterocycles. The summed E-state index contributed by atoms with van der Waals surface area (Å²) in [6, 6.07) is 21.0. The number of hydrogen-bond acceptors (Lipinski definition) is 10. The maximum absolute atomic E-state index is 13.6. The molecule has 12 heteroatoms. The second-order valence-electron chi connectivity index (χ2n) is 9.36. The number of aromatic nitrogens is 2. The van der Waals surface area contributed by atoms with Gasteiger partial charge in [0, 0.05) is 18.4 Å². The number of ether oxygens (including phenoxy) is 1. The summed E-state index contributed by atoms with van der Waals surface area (Å²) in [5, 5.41) is 19.6. The zero-order valence-electron chi connectivity index (χ0n) is 21.9. The van der Waals surface area contributed by atoms with Gasteiger partial charge in [0.05, 0.1) is 6.42 Å². The summed E-state index contributed by atoms with van der Waals surface area (Å²) in [5.41, 5.74) is 4.09. The van der Waals surface area contributed by atoms with Gasteiger partial charge in [-0.1, -0.05) is 72.0 Å². The molecule has 4 aromatic rings. The van der Waals surface area contributed by atoms with Crippen LogP contribution in [-0.4, -0.2) is 56.2 Å². The number of thioether (sulfide) groups is 1. The number of anilines is 1. The van der Waals surface area contributed by atoms with Crippen LogP contribution in [0.25, 0.3) is 5.57 Å². The van der Waals surface area contributed by atoms with Gasteiger partial charge in [0.1, 0.15) is 28.2 Å². The second kappa shape index (κ2) is 12.1. The van der Waals surface area contributed by atoms with Crippen LogP contribution in [0.1, 0.15) is 27.8 Å². The number of carbonyl (C=O) groups is 2. The van der Waals surface area contributed by atoms with Crippen LogP contribution in [0.2, 0.25) is 0 Å². The third-order valence-corrected chi connectivity index (χ3v) is 10.1. The lowest BCUT2D eigenvalue weighted by atomic mass is 10.0. The second-order valence-corrected chi connectivity index (χ2v) is 12.6. The van der Waals surface area contributed by atoms with Gasteiger partial charge in [-0.2, -0.15) is 11.3 Å². The van der Waals surface area contributed by atoms with Crippen LogP contribution in [0.5, 0.6) is 0 Å². The van der Waals surface area contributed by atoms with Gasteiger partial charge in [-0.25, -0.2) is 0 Å². The Morgan fingerprint density at radius 2 is 1.80 bits per heavy atom. The molecule has 6 rings (SSSR count). The van der Waals surface area contributed by atoms with Crippen molar-refractivity contribution in [2.45, 2.75) is 23.9 Å². The fourth-order valence-electron chi connectivity index (χ4n) is 4.77. The number of carbonyl (C=O) groups excluding carboxylic acids is 2. The number of nitrogens with one attached hydrogen (secondary N) is 2. The van der Waals surface area contributed by atoms with Crippen LogP contribution < -0.4 is 10.6 Å². The average molecular weight is 620 g/mol. The van der Waals surface area contributed by atoms with E-state index in [0.717, 1.165) is 22.3 Å². The molecule has 0 radical (unpaired) electrons. The minimum absolute atomic E-state index is 0.187. The topological polar surface area (TPSA) is 96.5 Å². The Bertz CT molecular complexity index is 1550. The Kier molecular flexibility index (Phi) is 8.15. The number of thiocarbonyl (C=S) groups is 1. The summed E-state index contributed by atoms with van der Waals surface area (Å²) in [6.07, 6.45) is -0.250. The highest BCUT2D eigenvalue weighted by atomic mass is 32.2. The van der Waals surface area contributed by atoms with Crippen LogP contribution in [0, 0.1) is 0 Å². The molecule has 0 bridgehead atoms. The molecular formula is C29H25N5O3S4. The van der Waals surface area contributed by atoms with E-state index in [1.54, 1.807) is 23.7 Å². The number of amides is 2. The molecule has 41 heavy (non-hydrogen) atoms. The molecule has 2 aromatic carbocycles. The van der Waals surface area contributed by atoms with Crippen molar-refractivity contribution in [2.75, 3.05) is 18.1 Å². The molecule has 0 saturated carbocycles. The molecule has 2 aromatic heterocycles. The van der Waals surface area contributed by atoms with E-state index in [1.165, 1.54) is 22.7 Å². The van der Waals surface area contributed by atoms with Crippen LogP contribution in [0.4, 0.5) is 5.13 Å². The molecule has 2 N–H and O–H groups in total. The Balaban J connectivity index is 1.32. The maximum Gasteiger partial charge on any atom is 0.253 e. The van der Waals surface area contributed by atoms with Gasteiger partial charge in [-0.3, -0.25) is 14.5 Å². The lowest BCUT2D eigenvalue weighted by Crippen LogP contribution is -2.70. The zero-order valence-corrected chi connectivity index (χ0v) is 25.1. The fourth-order valence-corrected chi connectivity index (χ4v) is 7.93. The molecule has 8 nitrogen and oxygen atoms in total. The van der Waals surface area contributed by atoms with Crippen molar-refractivity contribution in [3.05, 3.63) is 105 Å². The highest BCUT2D eigenvalue weighted by molar-refractivity contribution is 8.00. The van der Waals surface area contributed by atoms with Crippen LogP contribution in [0.3, 0.4) is 0 Å². The molecule has 2 amide bonds. The molecule has 2 atom stereocenters. The largest absolute Gasteiger partial charge is 0.469 e. The quantitative estimate of drug-likeness (QED) is 0.197. The predicted octanol–water partition coefficient (Wildman–Crippen LogP) is 5.13. The van der Waals surface area contributed by atoms with Gasteiger partial charge in [0.2, 0.25) is 16.1 Å². The minimum Gasteiger partial charge on any atom is -0.469 e. The van der Waals surface area contributed by atoms with Gasteiger partial charge < -0.3 is 15.4 Å². The standard InChI is InChI=1S/C29H25N5O3S4/c1-30-29-33-32-25(41-29)20-16-40-27-22(31-21(35)14-17-12-13-39-15-17)26(36)34(27)23(20)28(38)37-24(18-8-4-2-5-9-18)19-10-6-3-7-11-19/h2-13,15,22,24,27H,14,16H2,1H3,(H,30,33)(H,31,35)/t22-,27-/m1/s1. The number of nitrogens with zero attached hydrogens (tertiary/aromatic N) is 3. The summed E-state index contributed by atoms with van der Waals surface area (Å²) in [5.74, 6) is 0.117. The number of hydrogen-bond donors (Lipinski definition) is 2. The van der Waals surface area contributed by atoms with E-state index in [-0.39, 0.29) is 28.7 Å². The van der Waals surface area contributed by atoms with Gasteiger partial charge in [0.15, 0.2) is 0 Å². The van der Waals surface area contributed by atoms with E-state index in [2.05, 4.69) is 20.8 Å². The predicted molar refractivity (Wildman–Crippen MR) is 168 cm³/mol. The van der Waals surface area contributed by atoms with Gasteiger partial charge in [-0.05, 0) is 45.7 Å². The van der Waals surface area contributed by atoms with Crippen molar-refractivity contribution in [1.82, 2.24) is 20.4 Å². The van der Waals surface area contributed by atoms with Crippen molar-refractivity contribution >= 4 is 74.2 Å². The molecule has 0 unspecified atom stereocenters. The lowest BCUT2D eigenvalue weighted by Gasteiger charge is -2.50. The maximum atomic E-state index is 13.6. The number of fused-ring (bicyclic) bond motifs is 1. The monoisotopic (exact) mass is 619 g/mol. The highest BCUT2D eigenvalue weighted by Gasteiger charge is 2.54. The summed E-state index contributed by atoms with van der Waals surface area (Å²) >= 11 is 10.4. The Morgan fingerprint density at radius 1 is 1.10 bits per heavy atom. The summed E-state index contributed by atoms with van der Waals surface area (Å²) < 4.78 is 6.56. The first-order valence-electron chi connectivity index (χ1n) is 12.8. The number of β-lactam (4-membered cyclic amide) rings is 1. The first-order valence-corrected chi connectivity index (χ1v) is 16.1. The van der Waals surface area contributed by atoms with E-state index in [4.69, 9.17) is 17.0 Å². The van der Waals surface area contributed by atoms with Crippen molar-refractivity contribution in [1.29, 1.82) is 0 Å². The van der Waals surface area contributed by atoms with Gasteiger partial charge in [0.25, 0.3) is 5.91 Å². The molecule has 1 saturated heterocycles. The normalized spacial score (nSPS) is 18.1. The molecule has 0 spiro atoms. The van der Waals surface area contributed by atoms with Crippen molar-refractivity contribution in [2.24, 2.45) is 0 Å². The van der Waals surface area contributed by atoms with Crippen LogP contribution >= 0.6 is 46.7 Å². The zero-order chi connectivity index (χ0) is 28.3. The molecule has 208 valence electrons. The summed E-state index contributed by atoms with van der Waals surface area (Å²) in [4.78, 5) is 28.0. The number of rotatable bonds is 9. The highest BCUT2D eigenvalue weighted by Crippen LogP contribution is 2.45. The van der Waals surface area contributed by atoms with E-state index in [1.807, 2.05) is 77.5 Å². The molecule has 2 aliphatic rings. The first kappa shape index (κ1) is 27.6. The van der Waals surface area contributed by atoms with E-state index < -0.39 is 12.1 Å². The molecule has 1 fully saturated rings. The van der Waals surface area contributed by atoms with Gasteiger partial charge in [-0.15, -0.1) is 22.0 Å². The number of thiophene rings is 1. The first-order chi connectivity index (χ1) is 20.0. The van der Waals surface area contributed by atoms with Crippen molar-refractivity contribution in [3.63, 3.8) is 0 Å². The number of benzene rings is 2. The smallest absolute Gasteiger partial charge is 0.253 e. The molecule has 0 aliphatic carbocycles. The third-order valence-electron chi connectivity index (χ3n) is 6.75. The lowest BCUT2D eigenvalue weighted by molar-refractivity contribution is -0.145. The Labute approximate surface area is 254 Å². The third kappa shape index (κ3) is 5.65.